The van der Waals surface area contributed by atoms with Gasteiger partial charge in [0, 0.05) is 24.5 Å². The molecule has 1 unspecified atom stereocenters. The average Bonchev–Trinajstić information content (AvgIpc) is 2.72. The maximum absolute atomic E-state index is 11.5. The zero-order valence-corrected chi connectivity index (χ0v) is 8.72. The van der Waals surface area contributed by atoms with Crippen molar-refractivity contribution < 1.29 is 4.79 Å². The number of hydrogen-bond acceptors (Lipinski definition) is 4. The maximum atomic E-state index is 11.5. The molecule has 13 heavy (non-hydrogen) atoms. The number of aromatic nitrogens is 1. The highest BCUT2D eigenvalue weighted by atomic mass is 32.1. The first-order valence-electron chi connectivity index (χ1n) is 4.12. The largest absolute Gasteiger partial charge is 0.288 e. The topological polar surface area (TPSA) is 33.2 Å². The third kappa shape index (κ3) is 1.71. The lowest BCUT2D eigenvalue weighted by molar-refractivity contribution is -0.117. The molecular formula is C8H10N2OS2. The van der Waals surface area contributed by atoms with E-state index in [0.717, 1.165) is 17.4 Å². The van der Waals surface area contributed by atoms with Crippen LogP contribution in [0.4, 0.5) is 5.13 Å². The normalized spacial score (nSPS) is 22.7. The van der Waals surface area contributed by atoms with Gasteiger partial charge >= 0.3 is 0 Å². The molecule has 0 radical (unpaired) electrons. The number of carbonyl (C=O) groups excluding carboxylic acids is 1. The lowest BCUT2D eigenvalue weighted by atomic mass is 10.1. The van der Waals surface area contributed by atoms with Crippen molar-refractivity contribution in [2.45, 2.75) is 6.42 Å². The Morgan fingerprint density at radius 2 is 2.62 bits per heavy atom. The van der Waals surface area contributed by atoms with Crippen molar-refractivity contribution in [3.63, 3.8) is 0 Å². The van der Waals surface area contributed by atoms with E-state index in [1.165, 1.54) is 11.3 Å². The summed E-state index contributed by atoms with van der Waals surface area (Å²) in [5.74, 6) is 1.34. The third-order valence-electron chi connectivity index (χ3n) is 2.11. The van der Waals surface area contributed by atoms with Crippen LogP contribution in [0.5, 0.6) is 0 Å². The van der Waals surface area contributed by atoms with Crippen molar-refractivity contribution in [2.24, 2.45) is 5.92 Å². The molecular weight excluding hydrogens is 204 g/mol. The number of amides is 1. The molecule has 1 fully saturated rings. The predicted molar refractivity (Wildman–Crippen MR) is 56.4 cm³/mol. The fraction of sp³-hybridized carbons (Fsp3) is 0.500. The smallest absolute Gasteiger partial charge is 0.229 e. The maximum Gasteiger partial charge on any atom is 0.229 e. The van der Waals surface area contributed by atoms with E-state index in [2.05, 4.69) is 17.6 Å². The Morgan fingerprint density at radius 3 is 3.15 bits per heavy atom. The first-order valence-corrected chi connectivity index (χ1v) is 5.63. The van der Waals surface area contributed by atoms with Crippen LogP contribution in [0.25, 0.3) is 0 Å². The van der Waals surface area contributed by atoms with Crippen LogP contribution in [0.1, 0.15) is 6.42 Å². The van der Waals surface area contributed by atoms with Gasteiger partial charge in [-0.1, -0.05) is 0 Å². The van der Waals surface area contributed by atoms with Gasteiger partial charge in [-0.25, -0.2) is 4.98 Å². The molecule has 2 rings (SSSR count). The Balaban J connectivity index is 2.14. The second-order valence-corrected chi connectivity index (χ2v) is 4.31. The van der Waals surface area contributed by atoms with Gasteiger partial charge in [-0.3, -0.25) is 9.69 Å². The van der Waals surface area contributed by atoms with Crippen molar-refractivity contribution in [3.05, 3.63) is 11.6 Å². The average molecular weight is 214 g/mol. The first-order chi connectivity index (χ1) is 6.31. The minimum Gasteiger partial charge on any atom is -0.288 e. The molecule has 0 aliphatic carbocycles. The highest BCUT2D eigenvalue weighted by Crippen LogP contribution is 2.26. The van der Waals surface area contributed by atoms with Crippen molar-refractivity contribution in [1.82, 2.24) is 4.98 Å². The van der Waals surface area contributed by atoms with E-state index in [1.54, 1.807) is 11.1 Å². The van der Waals surface area contributed by atoms with Crippen molar-refractivity contribution in [2.75, 3.05) is 17.2 Å². The Bertz CT molecular complexity index is 299. The molecule has 0 saturated carbocycles. The predicted octanol–water partition coefficient (Wildman–Crippen LogP) is 1.43. The van der Waals surface area contributed by atoms with Crippen LogP contribution in [-0.4, -0.2) is 23.2 Å². The van der Waals surface area contributed by atoms with Crippen molar-refractivity contribution in [1.29, 1.82) is 0 Å². The van der Waals surface area contributed by atoms with E-state index < -0.39 is 0 Å². The van der Waals surface area contributed by atoms with Gasteiger partial charge in [0.05, 0.1) is 0 Å². The molecule has 1 aliphatic rings. The second kappa shape index (κ2) is 3.67. The number of thiol groups is 1. The van der Waals surface area contributed by atoms with E-state index in [-0.39, 0.29) is 5.91 Å². The summed E-state index contributed by atoms with van der Waals surface area (Å²) in [4.78, 5) is 17.4. The Kier molecular flexibility index (Phi) is 2.55. The number of thiazole rings is 1. The van der Waals surface area contributed by atoms with Gasteiger partial charge < -0.3 is 0 Å². The minimum absolute atomic E-state index is 0.175. The summed E-state index contributed by atoms with van der Waals surface area (Å²) < 4.78 is 0. The molecule has 0 aromatic carbocycles. The lowest BCUT2D eigenvalue weighted by Gasteiger charge is -2.11. The molecule has 2 heterocycles. The Hall–Kier alpha value is -0.550. The van der Waals surface area contributed by atoms with E-state index in [0.29, 0.717) is 12.3 Å². The van der Waals surface area contributed by atoms with E-state index >= 15 is 0 Å². The third-order valence-corrected chi connectivity index (χ3v) is 3.42. The Labute approximate surface area is 86.2 Å². The fourth-order valence-corrected chi connectivity index (χ4v) is 2.35. The molecule has 1 aliphatic heterocycles. The molecule has 1 amide bonds. The zero-order chi connectivity index (χ0) is 9.26. The van der Waals surface area contributed by atoms with E-state index in [1.807, 2.05) is 5.38 Å². The monoisotopic (exact) mass is 214 g/mol. The van der Waals surface area contributed by atoms with Crippen LogP contribution in [-0.2, 0) is 4.79 Å². The number of hydrogen-bond donors (Lipinski definition) is 1. The number of rotatable bonds is 2. The highest BCUT2D eigenvalue weighted by molar-refractivity contribution is 7.80. The van der Waals surface area contributed by atoms with Crippen LogP contribution < -0.4 is 4.90 Å². The van der Waals surface area contributed by atoms with E-state index in [4.69, 9.17) is 0 Å². The number of carbonyl (C=O) groups is 1. The van der Waals surface area contributed by atoms with Gasteiger partial charge in [-0.15, -0.1) is 11.3 Å². The summed E-state index contributed by atoms with van der Waals surface area (Å²) in [6, 6.07) is 0. The molecule has 1 atom stereocenters. The summed E-state index contributed by atoms with van der Waals surface area (Å²) in [7, 11) is 0. The van der Waals surface area contributed by atoms with Crippen LogP contribution in [0.3, 0.4) is 0 Å². The quantitative estimate of drug-likeness (QED) is 0.755. The van der Waals surface area contributed by atoms with Gasteiger partial charge in [0.2, 0.25) is 5.91 Å². The molecule has 0 bridgehead atoms. The fourth-order valence-electron chi connectivity index (χ4n) is 1.44. The van der Waals surface area contributed by atoms with Crippen LogP contribution in [0.15, 0.2) is 11.6 Å². The second-order valence-electron chi connectivity index (χ2n) is 3.07. The SMILES string of the molecule is O=C1CC(CS)CN1c1nccs1. The molecule has 70 valence electrons. The minimum atomic E-state index is 0.175. The van der Waals surface area contributed by atoms with Crippen molar-refractivity contribution in [3.8, 4) is 0 Å². The van der Waals surface area contributed by atoms with Crippen LogP contribution >= 0.6 is 24.0 Å². The summed E-state index contributed by atoms with van der Waals surface area (Å²) in [6.07, 6.45) is 2.34. The van der Waals surface area contributed by atoms with Crippen LogP contribution in [0.2, 0.25) is 0 Å². The molecule has 0 N–H and O–H groups in total. The summed E-state index contributed by atoms with van der Waals surface area (Å²) >= 11 is 5.70. The zero-order valence-electron chi connectivity index (χ0n) is 7.01. The molecule has 1 aromatic rings. The lowest BCUT2D eigenvalue weighted by Crippen LogP contribution is -2.24. The standard InChI is InChI=1S/C8H10N2OS2/c11-7-3-6(5-12)4-10(7)8-9-1-2-13-8/h1-2,6,12H,3-5H2. The first kappa shape index (κ1) is 9.02. The molecule has 1 saturated heterocycles. The summed E-state index contributed by atoms with van der Waals surface area (Å²) in [5, 5.41) is 2.70. The number of nitrogens with zero attached hydrogens (tertiary/aromatic N) is 2. The number of anilines is 1. The summed E-state index contributed by atoms with van der Waals surface area (Å²) in [6.45, 7) is 0.774. The van der Waals surface area contributed by atoms with Gasteiger partial charge in [-0.2, -0.15) is 12.6 Å². The van der Waals surface area contributed by atoms with E-state index in [9.17, 15) is 4.79 Å². The van der Waals surface area contributed by atoms with Crippen molar-refractivity contribution >= 4 is 35.0 Å². The molecule has 0 spiro atoms. The van der Waals surface area contributed by atoms with Gasteiger partial charge in [0.15, 0.2) is 5.13 Å². The van der Waals surface area contributed by atoms with Crippen LogP contribution in [0, 0.1) is 5.92 Å². The summed E-state index contributed by atoms with van der Waals surface area (Å²) in [5.41, 5.74) is 0. The Morgan fingerprint density at radius 1 is 1.77 bits per heavy atom. The van der Waals surface area contributed by atoms with Gasteiger partial charge in [-0.05, 0) is 11.7 Å². The van der Waals surface area contributed by atoms with Gasteiger partial charge in [0.1, 0.15) is 0 Å². The van der Waals surface area contributed by atoms with Gasteiger partial charge in [0.25, 0.3) is 0 Å². The molecule has 1 aromatic heterocycles. The molecule has 5 heteroatoms. The highest BCUT2D eigenvalue weighted by Gasteiger charge is 2.30. The molecule has 3 nitrogen and oxygen atoms in total.